The molecule has 2 rings (SSSR count). The summed E-state index contributed by atoms with van der Waals surface area (Å²) in [6.07, 6.45) is 2.33. The van der Waals surface area contributed by atoms with Gasteiger partial charge in [-0.15, -0.1) is 0 Å². The number of halogens is 2. The summed E-state index contributed by atoms with van der Waals surface area (Å²) in [6.45, 7) is 4.20. The Balaban J connectivity index is 2.49. The maximum atomic E-state index is 13.4. The molecule has 0 radical (unpaired) electrons. The Hall–Kier alpha value is -1.71. The van der Waals surface area contributed by atoms with Crippen LogP contribution in [-0.2, 0) is 0 Å². The highest BCUT2D eigenvalue weighted by atomic mass is 19.2. The van der Waals surface area contributed by atoms with Gasteiger partial charge in [-0.25, -0.2) is 8.78 Å². The largest absolute Gasteiger partial charge is 0.411 e. The van der Waals surface area contributed by atoms with Gasteiger partial charge in [0.1, 0.15) is 0 Å². The van der Waals surface area contributed by atoms with Crippen LogP contribution in [0.2, 0.25) is 0 Å². The molecule has 0 bridgehead atoms. The summed E-state index contributed by atoms with van der Waals surface area (Å²) < 4.78 is 26.4. The molecule has 0 unspecified atom stereocenters. The molecule has 0 spiro atoms. The van der Waals surface area contributed by atoms with Crippen LogP contribution in [0.25, 0.3) is 5.57 Å². The molecular formula is C15H17F2NO. The number of benzene rings is 1. The second-order valence-electron chi connectivity index (χ2n) is 5.25. The molecule has 0 amide bonds. The maximum Gasteiger partial charge on any atom is 0.159 e. The number of rotatable bonds is 3. The summed E-state index contributed by atoms with van der Waals surface area (Å²) in [6, 6.07) is 3.81. The summed E-state index contributed by atoms with van der Waals surface area (Å²) in [5, 5.41) is 12.4. The highest BCUT2D eigenvalue weighted by Crippen LogP contribution is 2.35. The lowest BCUT2D eigenvalue weighted by molar-refractivity contribution is 0.319. The molecule has 4 heteroatoms. The van der Waals surface area contributed by atoms with Crippen LogP contribution < -0.4 is 0 Å². The molecule has 19 heavy (non-hydrogen) atoms. The maximum absolute atomic E-state index is 13.4. The van der Waals surface area contributed by atoms with Gasteiger partial charge >= 0.3 is 0 Å². The Kier molecular flexibility index (Phi) is 3.98. The first kappa shape index (κ1) is 13.7. The average molecular weight is 265 g/mol. The Labute approximate surface area is 111 Å². The van der Waals surface area contributed by atoms with Crippen molar-refractivity contribution in [2.75, 3.05) is 0 Å². The van der Waals surface area contributed by atoms with Gasteiger partial charge in [-0.1, -0.05) is 30.6 Å². The molecule has 2 nitrogen and oxygen atoms in total. The van der Waals surface area contributed by atoms with Crippen molar-refractivity contribution < 1.29 is 14.0 Å². The van der Waals surface area contributed by atoms with Gasteiger partial charge in [-0.2, -0.15) is 0 Å². The third kappa shape index (κ3) is 2.83. The second kappa shape index (κ2) is 5.51. The molecule has 0 fully saturated rings. The number of nitrogens with zero attached hydrogens (tertiary/aromatic N) is 1. The quantitative estimate of drug-likeness (QED) is 0.638. The number of allylic oxidation sites excluding steroid dienone is 2. The summed E-state index contributed by atoms with van der Waals surface area (Å²) in [7, 11) is 0. The smallest absolute Gasteiger partial charge is 0.159 e. The molecule has 1 aromatic carbocycles. The lowest BCUT2D eigenvalue weighted by atomic mass is 9.95. The van der Waals surface area contributed by atoms with Crippen LogP contribution in [0.1, 0.15) is 38.7 Å². The zero-order chi connectivity index (χ0) is 14.0. The summed E-state index contributed by atoms with van der Waals surface area (Å²) >= 11 is 0. The normalized spacial score (nSPS) is 17.8. The van der Waals surface area contributed by atoms with E-state index < -0.39 is 11.6 Å². The molecule has 0 saturated carbocycles. The molecular weight excluding hydrogens is 248 g/mol. The highest BCUT2D eigenvalue weighted by Gasteiger charge is 2.24. The number of oxime groups is 1. The Morgan fingerprint density at radius 3 is 2.53 bits per heavy atom. The summed E-state index contributed by atoms with van der Waals surface area (Å²) in [5.74, 6) is -1.28. The van der Waals surface area contributed by atoms with Gasteiger partial charge in [0.25, 0.3) is 0 Å². The fourth-order valence-corrected chi connectivity index (χ4v) is 2.54. The van der Waals surface area contributed by atoms with Crippen LogP contribution in [0.3, 0.4) is 0 Å². The van der Waals surface area contributed by atoms with E-state index in [-0.39, 0.29) is 0 Å². The fraction of sp³-hybridized carbons (Fsp3) is 0.400. The van der Waals surface area contributed by atoms with Crippen molar-refractivity contribution in [2.24, 2.45) is 11.1 Å². The molecule has 0 atom stereocenters. The first-order valence-corrected chi connectivity index (χ1v) is 6.41. The minimum atomic E-state index is -0.877. The molecule has 102 valence electrons. The van der Waals surface area contributed by atoms with Gasteiger partial charge in [0.05, 0.1) is 5.71 Å². The van der Waals surface area contributed by atoms with Crippen LogP contribution in [-0.4, -0.2) is 10.9 Å². The molecule has 1 aliphatic rings. The number of hydrogen-bond acceptors (Lipinski definition) is 2. The Bertz CT molecular complexity index is 547. The molecule has 0 heterocycles. The number of hydrogen-bond donors (Lipinski definition) is 1. The molecule has 1 N–H and O–H groups in total. The van der Waals surface area contributed by atoms with Crippen LogP contribution in [0.15, 0.2) is 28.9 Å². The van der Waals surface area contributed by atoms with Gasteiger partial charge < -0.3 is 5.21 Å². The van der Waals surface area contributed by atoms with Gasteiger partial charge in [0.2, 0.25) is 0 Å². The second-order valence-corrected chi connectivity index (χ2v) is 5.25. The van der Waals surface area contributed by atoms with E-state index >= 15 is 0 Å². The van der Waals surface area contributed by atoms with Crippen molar-refractivity contribution in [1.29, 1.82) is 0 Å². The van der Waals surface area contributed by atoms with E-state index in [2.05, 4.69) is 19.0 Å². The summed E-state index contributed by atoms with van der Waals surface area (Å²) in [4.78, 5) is 0. The van der Waals surface area contributed by atoms with Gasteiger partial charge in [-0.05, 0) is 42.9 Å². The topological polar surface area (TPSA) is 32.6 Å². The van der Waals surface area contributed by atoms with E-state index in [0.29, 0.717) is 23.6 Å². The SMILES string of the molecule is CC(C)CC1=C(c2ccc(F)c(F)c2)C(=NO)CC1. The van der Waals surface area contributed by atoms with Crippen LogP contribution in [0, 0.1) is 17.6 Å². The van der Waals surface area contributed by atoms with E-state index in [4.69, 9.17) is 5.21 Å². The monoisotopic (exact) mass is 265 g/mol. The summed E-state index contributed by atoms with van der Waals surface area (Å²) in [5.41, 5.74) is 3.06. The van der Waals surface area contributed by atoms with E-state index in [9.17, 15) is 8.78 Å². The Morgan fingerprint density at radius 1 is 1.21 bits per heavy atom. The van der Waals surface area contributed by atoms with Crippen molar-refractivity contribution in [3.8, 4) is 0 Å². The predicted molar refractivity (Wildman–Crippen MR) is 71.2 cm³/mol. The average Bonchev–Trinajstić information content (AvgIpc) is 2.74. The van der Waals surface area contributed by atoms with Gasteiger partial charge in [0.15, 0.2) is 11.6 Å². The van der Waals surface area contributed by atoms with E-state index in [0.717, 1.165) is 30.1 Å². The van der Waals surface area contributed by atoms with E-state index in [1.54, 1.807) is 0 Å². The van der Waals surface area contributed by atoms with Crippen LogP contribution in [0.5, 0.6) is 0 Å². The van der Waals surface area contributed by atoms with Gasteiger partial charge in [0, 0.05) is 5.57 Å². The molecule has 1 aromatic rings. The Morgan fingerprint density at radius 2 is 1.95 bits per heavy atom. The first-order chi connectivity index (χ1) is 9.02. The van der Waals surface area contributed by atoms with Crippen LogP contribution in [0.4, 0.5) is 8.78 Å². The van der Waals surface area contributed by atoms with Gasteiger partial charge in [-0.3, -0.25) is 0 Å². The third-order valence-corrected chi connectivity index (χ3v) is 3.29. The minimum Gasteiger partial charge on any atom is -0.411 e. The molecule has 0 aromatic heterocycles. The first-order valence-electron chi connectivity index (χ1n) is 6.41. The molecule has 1 aliphatic carbocycles. The van der Waals surface area contributed by atoms with Crippen molar-refractivity contribution >= 4 is 11.3 Å². The zero-order valence-corrected chi connectivity index (χ0v) is 11.1. The third-order valence-electron chi connectivity index (χ3n) is 3.29. The van der Waals surface area contributed by atoms with E-state index in [1.165, 1.54) is 12.1 Å². The van der Waals surface area contributed by atoms with Crippen molar-refractivity contribution in [2.45, 2.75) is 33.1 Å². The fourth-order valence-electron chi connectivity index (χ4n) is 2.54. The lowest BCUT2D eigenvalue weighted by Crippen LogP contribution is -2.00. The van der Waals surface area contributed by atoms with Crippen molar-refractivity contribution in [1.82, 2.24) is 0 Å². The molecule has 0 aliphatic heterocycles. The highest BCUT2D eigenvalue weighted by molar-refractivity contribution is 6.26. The zero-order valence-electron chi connectivity index (χ0n) is 11.1. The van der Waals surface area contributed by atoms with E-state index in [1.807, 2.05) is 0 Å². The lowest BCUT2D eigenvalue weighted by Gasteiger charge is -2.10. The standard InChI is InChI=1S/C15H17F2NO/c1-9(2)7-10-4-6-14(18-19)15(10)11-3-5-12(16)13(17)8-11/h3,5,8-9,19H,4,6-7H2,1-2H3. The van der Waals surface area contributed by atoms with Crippen molar-refractivity contribution in [3.63, 3.8) is 0 Å². The molecule has 0 saturated heterocycles. The van der Waals surface area contributed by atoms with Crippen LogP contribution >= 0.6 is 0 Å². The van der Waals surface area contributed by atoms with Crippen molar-refractivity contribution in [3.05, 3.63) is 41.0 Å². The predicted octanol–water partition coefficient (Wildman–Crippen LogP) is 4.39. The minimum absolute atomic E-state index is 0.466.